The van der Waals surface area contributed by atoms with Gasteiger partial charge in [0.1, 0.15) is 12.4 Å². The zero-order valence-electron chi connectivity index (χ0n) is 18.0. The molecule has 29 heavy (non-hydrogen) atoms. The van der Waals surface area contributed by atoms with Gasteiger partial charge in [-0.25, -0.2) is 9.79 Å². The number of guanidine groups is 1. The van der Waals surface area contributed by atoms with Crippen LogP contribution < -0.4 is 21.1 Å². The van der Waals surface area contributed by atoms with Crippen molar-refractivity contribution in [2.45, 2.75) is 52.0 Å². The van der Waals surface area contributed by atoms with Crippen LogP contribution in [0, 0.1) is 0 Å². The van der Waals surface area contributed by atoms with Crippen LogP contribution >= 0.6 is 24.0 Å². The molecule has 1 aliphatic heterocycles. The first kappa shape index (κ1) is 25.3. The van der Waals surface area contributed by atoms with Crippen molar-refractivity contribution >= 4 is 36.0 Å². The van der Waals surface area contributed by atoms with Gasteiger partial charge in [-0.15, -0.1) is 24.0 Å². The van der Waals surface area contributed by atoms with E-state index >= 15 is 0 Å². The summed E-state index contributed by atoms with van der Waals surface area (Å²) in [5.74, 6) is 1.66. The molecule has 0 atom stereocenters. The first-order chi connectivity index (χ1) is 13.3. The Morgan fingerprint density at radius 2 is 2.00 bits per heavy atom. The largest absolute Gasteiger partial charge is 0.492 e. The van der Waals surface area contributed by atoms with E-state index in [0.29, 0.717) is 26.2 Å². The second-order valence-electron chi connectivity index (χ2n) is 8.13. The van der Waals surface area contributed by atoms with E-state index < -0.39 is 0 Å². The van der Waals surface area contributed by atoms with Crippen LogP contribution in [0.4, 0.5) is 4.79 Å². The predicted molar refractivity (Wildman–Crippen MR) is 129 cm³/mol. The van der Waals surface area contributed by atoms with Crippen molar-refractivity contribution < 1.29 is 9.53 Å². The lowest BCUT2D eigenvalue weighted by molar-refractivity contribution is 0.188. The van der Waals surface area contributed by atoms with Crippen LogP contribution in [0.2, 0.25) is 0 Å². The van der Waals surface area contributed by atoms with Crippen LogP contribution in [-0.4, -0.2) is 55.7 Å². The van der Waals surface area contributed by atoms with Crippen LogP contribution in [0.1, 0.15) is 46.1 Å². The monoisotopic (exact) mass is 517 g/mol. The maximum Gasteiger partial charge on any atom is 0.314 e. The van der Waals surface area contributed by atoms with Crippen molar-refractivity contribution in [3.05, 3.63) is 29.8 Å². The number of carbonyl (C=O) groups excluding carboxylic acids is 1. The molecule has 164 valence electrons. The number of ether oxygens (including phenoxy) is 1. The number of halogens is 1. The molecule has 0 saturated carbocycles. The summed E-state index contributed by atoms with van der Waals surface area (Å²) in [6, 6.07) is 8.18. The van der Waals surface area contributed by atoms with Gasteiger partial charge in [0.15, 0.2) is 5.96 Å². The highest BCUT2D eigenvalue weighted by atomic mass is 127. The number of urea groups is 1. The van der Waals surface area contributed by atoms with E-state index in [9.17, 15) is 4.79 Å². The molecule has 2 amide bonds. The number of nitrogens with two attached hydrogens (primary N) is 1. The van der Waals surface area contributed by atoms with E-state index in [2.05, 4.69) is 48.5 Å². The summed E-state index contributed by atoms with van der Waals surface area (Å²) >= 11 is 0. The van der Waals surface area contributed by atoms with E-state index in [1.54, 1.807) is 4.90 Å². The molecular formula is C21H36IN5O2. The molecule has 1 fully saturated rings. The van der Waals surface area contributed by atoms with Gasteiger partial charge in [0, 0.05) is 25.7 Å². The molecule has 0 bridgehead atoms. The van der Waals surface area contributed by atoms with Gasteiger partial charge in [0.05, 0.1) is 6.54 Å². The third kappa shape index (κ3) is 8.67. The molecule has 4 N–H and O–H groups in total. The van der Waals surface area contributed by atoms with Crippen molar-refractivity contribution in [2.24, 2.45) is 10.7 Å². The van der Waals surface area contributed by atoms with Gasteiger partial charge in [-0.1, -0.05) is 32.9 Å². The molecule has 1 heterocycles. The topological polar surface area (TPSA) is 92.0 Å². The standard InChI is InChI=1S/C21H35N5O2.HI/c1-5-23-20(25-17-9-12-26(13-10-17)19(22)27)24-11-14-28-18-8-6-7-16(15-18)21(2,3)4;/h6-8,15,17H,5,9-14H2,1-4H3,(H2,22,27)(H2,23,24,25);1H. The van der Waals surface area contributed by atoms with Gasteiger partial charge in [0.25, 0.3) is 0 Å². The highest BCUT2D eigenvalue weighted by Crippen LogP contribution is 2.25. The summed E-state index contributed by atoms with van der Waals surface area (Å²) in [5.41, 5.74) is 6.70. The molecule has 0 spiro atoms. The number of amides is 2. The zero-order chi connectivity index (χ0) is 20.6. The van der Waals surface area contributed by atoms with E-state index in [1.165, 1.54) is 5.56 Å². The molecule has 0 radical (unpaired) electrons. The molecule has 2 rings (SSSR count). The minimum absolute atomic E-state index is 0. The van der Waals surface area contributed by atoms with Crippen LogP contribution in [-0.2, 0) is 5.41 Å². The van der Waals surface area contributed by atoms with E-state index in [4.69, 9.17) is 10.5 Å². The van der Waals surface area contributed by atoms with Gasteiger partial charge < -0.3 is 26.0 Å². The Labute approximate surface area is 191 Å². The molecule has 0 unspecified atom stereocenters. The number of nitrogens with zero attached hydrogens (tertiary/aromatic N) is 2. The smallest absolute Gasteiger partial charge is 0.314 e. The molecule has 7 nitrogen and oxygen atoms in total. The van der Waals surface area contributed by atoms with Crippen LogP contribution in [0.15, 0.2) is 29.3 Å². The van der Waals surface area contributed by atoms with Gasteiger partial charge >= 0.3 is 6.03 Å². The minimum atomic E-state index is -0.341. The number of hydrogen-bond donors (Lipinski definition) is 3. The quantitative estimate of drug-likeness (QED) is 0.234. The average molecular weight is 517 g/mol. The third-order valence-corrected chi connectivity index (χ3v) is 4.82. The molecular weight excluding hydrogens is 481 g/mol. The first-order valence-corrected chi connectivity index (χ1v) is 10.1. The van der Waals surface area contributed by atoms with Crippen LogP contribution in [0.5, 0.6) is 5.75 Å². The minimum Gasteiger partial charge on any atom is -0.492 e. The van der Waals surface area contributed by atoms with Gasteiger partial charge in [0.2, 0.25) is 0 Å². The number of hydrogen-bond acceptors (Lipinski definition) is 3. The molecule has 0 aromatic heterocycles. The van der Waals surface area contributed by atoms with Gasteiger partial charge in [-0.05, 0) is 42.9 Å². The number of likely N-dealkylation sites (tertiary alicyclic amines) is 1. The van der Waals surface area contributed by atoms with E-state index in [-0.39, 0.29) is 41.5 Å². The molecule has 1 aromatic carbocycles. The lowest BCUT2D eigenvalue weighted by Crippen LogP contribution is -2.50. The first-order valence-electron chi connectivity index (χ1n) is 10.1. The maximum absolute atomic E-state index is 11.2. The fourth-order valence-corrected chi connectivity index (χ4v) is 3.13. The summed E-state index contributed by atoms with van der Waals surface area (Å²) in [6.45, 7) is 11.9. The Morgan fingerprint density at radius 1 is 1.31 bits per heavy atom. The predicted octanol–water partition coefficient (Wildman–Crippen LogP) is 3.08. The fraction of sp³-hybridized carbons (Fsp3) is 0.619. The summed E-state index contributed by atoms with van der Waals surface area (Å²) in [5, 5.41) is 6.72. The number of nitrogens with one attached hydrogen (secondary N) is 2. The Balaban J connectivity index is 0.00000420. The van der Waals surface area contributed by atoms with E-state index in [0.717, 1.165) is 31.1 Å². The molecule has 8 heteroatoms. The summed E-state index contributed by atoms with van der Waals surface area (Å²) in [7, 11) is 0. The van der Waals surface area contributed by atoms with Crippen molar-refractivity contribution in [1.82, 2.24) is 15.5 Å². The average Bonchev–Trinajstić information content (AvgIpc) is 2.65. The second kappa shape index (κ2) is 12.1. The van der Waals surface area contributed by atoms with Gasteiger partial charge in [-0.3, -0.25) is 0 Å². The van der Waals surface area contributed by atoms with Gasteiger partial charge in [-0.2, -0.15) is 0 Å². The Bertz CT molecular complexity index is 667. The number of piperidine rings is 1. The lowest BCUT2D eigenvalue weighted by Gasteiger charge is -2.32. The van der Waals surface area contributed by atoms with Crippen molar-refractivity contribution in [3.63, 3.8) is 0 Å². The maximum atomic E-state index is 11.2. The van der Waals surface area contributed by atoms with Crippen molar-refractivity contribution in [3.8, 4) is 5.75 Å². The Hall–Kier alpha value is -1.71. The lowest BCUT2D eigenvalue weighted by atomic mass is 9.87. The van der Waals surface area contributed by atoms with E-state index in [1.807, 2.05) is 19.1 Å². The third-order valence-electron chi connectivity index (χ3n) is 4.82. The Kier molecular flexibility index (Phi) is 10.6. The SMILES string of the molecule is CCNC(=NCCOc1cccc(C(C)(C)C)c1)NC1CCN(C(N)=O)CC1.I. The highest BCUT2D eigenvalue weighted by Gasteiger charge is 2.21. The number of aliphatic imine (C=N–C) groups is 1. The number of benzene rings is 1. The summed E-state index contributed by atoms with van der Waals surface area (Å²) in [4.78, 5) is 17.5. The van der Waals surface area contributed by atoms with Crippen LogP contribution in [0.3, 0.4) is 0 Å². The van der Waals surface area contributed by atoms with Crippen molar-refractivity contribution in [1.29, 1.82) is 0 Å². The second-order valence-corrected chi connectivity index (χ2v) is 8.13. The number of rotatable bonds is 6. The molecule has 0 aliphatic carbocycles. The fourth-order valence-electron chi connectivity index (χ4n) is 3.13. The molecule has 1 aromatic rings. The van der Waals surface area contributed by atoms with Crippen molar-refractivity contribution in [2.75, 3.05) is 32.8 Å². The normalized spacial score (nSPS) is 15.4. The van der Waals surface area contributed by atoms with Crippen LogP contribution in [0.25, 0.3) is 0 Å². The Morgan fingerprint density at radius 3 is 2.59 bits per heavy atom. The number of primary amides is 1. The zero-order valence-corrected chi connectivity index (χ0v) is 20.4. The summed E-state index contributed by atoms with van der Waals surface area (Å²) < 4.78 is 5.88. The number of carbonyl (C=O) groups is 1. The summed E-state index contributed by atoms with van der Waals surface area (Å²) in [6.07, 6.45) is 1.73. The molecule has 1 aliphatic rings. The highest BCUT2D eigenvalue weighted by molar-refractivity contribution is 14.0. The molecule has 1 saturated heterocycles.